The number of hydrogen-bond acceptors (Lipinski definition) is 2. The van der Waals surface area contributed by atoms with E-state index >= 15 is 0 Å². The van der Waals surface area contributed by atoms with Crippen LogP contribution in [0.3, 0.4) is 0 Å². The zero-order valence-electron chi connectivity index (χ0n) is 10.6. The van der Waals surface area contributed by atoms with Crippen molar-refractivity contribution in [3.05, 3.63) is 54.1 Å². The van der Waals surface area contributed by atoms with Gasteiger partial charge in [-0.15, -0.1) is 0 Å². The molecule has 0 bridgehead atoms. The van der Waals surface area contributed by atoms with E-state index in [0.29, 0.717) is 0 Å². The molecule has 17 heavy (non-hydrogen) atoms. The number of hydrogen-bond donors (Lipinski definition) is 0. The van der Waals surface area contributed by atoms with E-state index in [1.165, 1.54) is 11.3 Å². The Kier molecular flexibility index (Phi) is 3.43. The molecule has 0 aliphatic heterocycles. The molecule has 1 atom stereocenters. The lowest BCUT2D eigenvalue weighted by Gasteiger charge is -2.30. The number of aryl methyl sites for hydroxylation is 1. The number of benzene rings is 1. The third-order valence-corrected chi connectivity index (χ3v) is 3.15. The number of aliphatic imine (C=N–C) groups is 1. The summed E-state index contributed by atoms with van der Waals surface area (Å²) in [6.07, 6.45) is 8.35. The predicted octanol–water partition coefficient (Wildman–Crippen LogP) is 3.00. The molecule has 2 heteroatoms. The van der Waals surface area contributed by atoms with Crippen LogP contribution >= 0.6 is 0 Å². The summed E-state index contributed by atoms with van der Waals surface area (Å²) in [5, 5.41) is 0. The first-order chi connectivity index (χ1) is 8.24. The summed E-state index contributed by atoms with van der Waals surface area (Å²) in [7, 11) is 3.96. The lowest BCUT2D eigenvalue weighted by molar-refractivity contribution is 0.919. The van der Waals surface area contributed by atoms with Crippen LogP contribution < -0.4 is 4.90 Å². The number of para-hydroxylation sites is 1. The Bertz CT molecular complexity index is 483. The average Bonchev–Trinajstić information content (AvgIpc) is 2.38. The summed E-state index contributed by atoms with van der Waals surface area (Å²) in [4.78, 5) is 6.60. The average molecular weight is 226 g/mol. The molecule has 1 aromatic rings. The van der Waals surface area contributed by atoms with Gasteiger partial charge in [-0.2, -0.15) is 0 Å². The molecule has 0 saturated heterocycles. The van der Waals surface area contributed by atoms with Gasteiger partial charge < -0.3 is 4.90 Å². The van der Waals surface area contributed by atoms with Gasteiger partial charge in [0.2, 0.25) is 0 Å². The van der Waals surface area contributed by atoms with Crippen molar-refractivity contribution in [2.24, 2.45) is 4.99 Å². The van der Waals surface area contributed by atoms with E-state index in [1.807, 2.05) is 13.1 Å². The summed E-state index contributed by atoms with van der Waals surface area (Å²) >= 11 is 0. The minimum Gasteiger partial charge on any atom is -0.362 e. The van der Waals surface area contributed by atoms with Crippen molar-refractivity contribution in [3.8, 4) is 0 Å². The van der Waals surface area contributed by atoms with Crippen molar-refractivity contribution in [3.63, 3.8) is 0 Å². The summed E-state index contributed by atoms with van der Waals surface area (Å²) in [5.41, 5.74) is 3.63. The van der Waals surface area contributed by atoms with Crippen LogP contribution in [0.1, 0.15) is 5.56 Å². The van der Waals surface area contributed by atoms with Crippen molar-refractivity contribution in [2.75, 3.05) is 19.0 Å². The van der Waals surface area contributed by atoms with Crippen molar-refractivity contribution in [1.82, 2.24) is 0 Å². The summed E-state index contributed by atoms with van der Waals surface area (Å²) in [6, 6.07) is 8.65. The third-order valence-electron chi connectivity index (χ3n) is 3.15. The Balaban J connectivity index is 2.32. The molecule has 88 valence electrons. The predicted molar refractivity (Wildman–Crippen MR) is 75.0 cm³/mol. The van der Waals surface area contributed by atoms with Crippen molar-refractivity contribution in [2.45, 2.75) is 13.0 Å². The molecule has 1 aliphatic carbocycles. The number of allylic oxidation sites excluding steroid dienone is 2. The minimum atomic E-state index is 0.228. The molecular weight excluding hydrogens is 208 g/mol. The minimum absolute atomic E-state index is 0.228. The highest BCUT2D eigenvalue weighted by atomic mass is 15.1. The van der Waals surface area contributed by atoms with E-state index in [4.69, 9.17) is 0 Å². The van der Waals surface area contributed by atoms with E-state index in [-0.39, 0.29) is 6.04 Å². The van der Waals surface area contributed by atoms with Gasteiger partial charge in [-0.05, 0) is 24.6 Å². The first kappa shape index (κ1) is 11.6. The standard InChI is InChI=1S/C15H18N2/c1-12-8-4-6-10-14(12)17(3)15-11-7-5-9-13(15)16-2/h4-11,15H,1-3H3/b16-13+. The van der Waals surface area contributed by atoms with Crippen LogP contribution in [-0.4, -0.2) is 25.8 Å². The molecule has 1 aromatic carbocycles. The molecule has 1 unspecified atom stereocenters. The summed E-state index contributed by atoms with van der Waals surface area (Å²) in [6.45, 7) is 2.14. The van der Waals surface area contributed by atoms with Crippen LogP contribution in [0, 0.1) is 6.92 Å². The maximum Gasteiger partial charge on any atom is 0.0892 e. The van der Waals surface area contributed by atoms with Gasteiger partial charge >= 0.3 is 0 Å². The first-order valence-corrected chi connectivity index (χ1v) is 5.84. The Morgan fingerprint density at radius 1 is 1.18 bits per heavy atom. The molecule has 0 saturated carbocycles. The molecular formula is C15H18N2. The van der Waals surface area contributed by atoms with E-state index in [9.17, 15) is 0 Å². The molecule has 0 N–H and O–H groups in total. The highest BCUT2D eigenvalue weighted by Crippen LogP contribution is 2.22. The Morgan fingerprint density at radius 3 is 2.65 bits per heavy atom. The maximum atomic E-state index is 4.34. The molecule has 0 aromatic heterocycles. The largest absolute Gasteiger partial charge is 0.362 e. The van der Waals surface area contributed by atoms with Crippen molar-refractivity contribution < 1.29 is 0 Å². The van der Waals surface area contributed by atoms with Gasteiger partial charge in [-0.3, -0.25) is 4.99 Å². The van der Waals surface area contributed by atoms with Crippen molar-refractivity contribution in [1.29, 1.82) is 0 Å². The van der Waals surface area contributed by atoms with Gasteiger partial charge in [0, 0.05) is 19.8 Å². The molecule has 0 heterocycles. The van der Waals surface area contributed by atoms with E-state index in [1.54, 1.807) is 0 Å². The smallest absolute Gasteiger partial charge is 0.0892 e. The fraction of sp³-hybridized carbons (Fsp3) is 0.267. The van der Waals surface area contributed by atoms with Crippen LogP contribution in [0.25, 0.3) is 0 Å². The Labute approximate surface area is 103 Å². The van der Waals surface area contributed by atoms with E-state index in [0.717, 1.165) is 5.71 Å². The van der Waals surface area contributed by atoms with Gasteiger partial charge in [0.05, 0.1) is 11.8 Å². The molecule has 2 rings (SSSR count). The lowest BCUT2D eigenvalue weighted by Crippen LogP contribution is -2.37. The first-order valence-electron chi connectivity index (χ1n) is 5.84. The van der Waals surface area contributed by atoms with E-state index < -0.39 is 0 Å². The highest BCUT2D eigenvalue weighted by molar-refractivity contribution is 6.03. The normalized spacial score (nSPS) is 20.9. The number of rotatable bonds is 2. The molecule has 0 radical (unpaired) electrons. The van der Waals surface area contributed by atoms with Gasteiger partial charge in [-0.1, -0.05) is 36.4 Å². The van der Waals surface area contributed by atoms with Crippen LogP contribution in [-0.2, 0) is 0 Å². The second kappa shape index (κ2) is 5.00. The fourth-order valence-corrected chi connectivity index (χ4v) is 2.16. The topological polar surface area (TPSA) is 15.6 Å². The van der Waals surface area contributed by atoms with Gasteiger partial charge in [0.15, 0.2) is 0 Å². The van der Waals surface area contributed by atoms with E-state index in [2.05, 4.69) is 66.4 Å². The zero-order chi connectivity index (χ0) is 12.3. The molecule has 1 aliphatic rings. The molecule has 2 nitrogen and oxygen atoms in total. The van der Waals surface area contributed by atoms with Crippen LogP contribution in [0.15, 0.2) is 53.6 Å². The molecule has 0 spiro atoms. The molecule has 0 fully saturated rings. The number of likely N-dealkylation sites (N-methyl/N-ethyl adjacent to an activating group) is 1. The zero-order valence-corrected chi connectivity index (χ0v) is 10.6. The van der Waals surface area contributed by atoms with Gasteiger partial charge in [0.1, 0.15) is 0 Å². The number of anilines is 1. The second-order valence-corrected chi connectivity index (χ2v) is 4.23. The maximum absolute atomic E-state index is 4.34. The number of nitrogens with zero attached hydrogens (tertiary/aromatic N) is 2. The fourth-order valence-electron chi connectivity index (χ4n) is 2.16. The third kappa shape index (κ3) is 2.31. The summed E-state index contributed by atoms with van der Waals surface area (Å²) in [5.74, 6) is 0. The SMILES string of the molecule is C/N=C1\C=CC=CC1N(C)c1ccccc1C. The van der Waals surface area contributed by atoms with Crippen molar-refractivity contribution >= 4 is 11.4 Å². The van der Waals surface area contributed by atoms with Crippen LogP contribution in [0.4, 0.5) is 5.69 Å². The Morgan fingerprint density at radius 2 is 1.94 bits per heavy atom. The lowest BCUT2D eigenvalue weighted by atomic mass is 10.0. The van der Waals surface area contributed by atoms with Gasteiger partial charge in [-0.25, -0.2) is 0 Å². The monoisotopic (exact) mass is 226 g/mol. The molecule has 0 amide bonds. The van der Waals surface area contributed by atoms with Crippen LogP contribution in [0.2, 0.25) is 0 Å². The second-order valence-electron chi connectivity index (χ2n) is 4.23. The quantitative estimate of drug-likeness (QED) is 0.757. The van der Waals surface area contributed by atoms with Crippen LogP contribution in [0.5, 0.6) is 0 Å². The summed E-state index contributed by atoms with van der Waals surface area (Å²) < 4.78 is 0. The highest BCUT2D eigenvalue weighted by Gasteiger charge is 2.18. The van der Waals surface area contributed by atoms with Gasteiger partial charge in [0.25, 0.3) is 0 Å². The Hall–Kier alpha value is -1.83.